The first-order valence-electron chi connectivity index (χ1n) is 7.51. The lowest BCUT2D eigenvalue weighted by atomic mass is 9.99. The Morgan fingerprint density at radius 2 is 2.12 bits per heavy atom. The summed E-state index contributed by atoms with van der Waals surface area (Å²) in [5, 5.41) is 12.8. The molecular formula is C17H14ClN3O3. The smallest absolute Gasteiger partial charge is 0.407 e. The van der Waals surface area contributed by atoms with E-state index >= 15 is 0 Å². The number of nitrogens with one attached hydrogen (secondary N) is 1. The van der Waals surface area contributed by atoms with Crippen LogP contribution < -0.4 is 5.32 Å². The second-order valence-corrected chi connectivity index (χ2v) is 6.13. The van der Waals surface area contributed by atoms with Crippen LogP contribution in [0.15, 0.2) is 40.8 Å². The number of amides is 1. The third-order valence-electron chi connectivity index (χ3n) is 4.09. The summed E-state index contributed by atoms with van der Waals surface area (Å²) >= 11 is 5.95. The fourth-order valence-corrected chi connectivity index (χ4v) is 3.03. The minimum absolute atomic E-state index is 0.398. The molecule has 0 aliphatic carbocycles. The van der Waals surface area contributed by atoms with Crippen molar-refractivity contribution in [3.05, 3.63) is 52.5 Å². The largest absolute Gasteiger partial charge is 0.465 e. The fourth-order valence-electron chi connectivity index (χ4n) is 2.87. The van der Waals surface area contributed by atoms with Crippen LogP contribution in [0.25, 0.3) is 11.1 Å². The highest BCUT2D eigenvalue weighted by Gasteiger charge is 2.20. The molecule has 122 valence electrons. The normalized spacial score (nSPS) is 13.8. The molecule has 1 aromatic heterocycles. The standard InChI is InChI=1S/C17H14ClN3O3/c18-12-2-4-14-15(8-12)24-16(20-14)19-13-3-1-11-9-21(17(22)23)6-5-10(11)7-13/h1-4,7-8H,5-6,9H2,(H,19,20)(H,22,23). The van der Waals surface area contributed by atoms with E-state index in [0.29, 0.717) is 36.1 Å². The molecule has 0 saturated heterocycles. The second kappa shape index (κ2) is 5.72. The molecule has 0 saturated carbocycles. The van der Waals surface area contributed by atoms with Crippen LogP contribution in [0.4, 0.5) is 16.5 Å². The Kier molecular flexibility index (Phi) is 3.54. The molecule has 1 aliphatic heterocycles. The highest BCUT2D eigenvalue weighted by Crippen LogP contribution is 2.27. The number of rotatable bonds is 2. The van der Waals surface area contributed by atoms with Crippen molar-refractivity contribution in [2.24, 2.45) is 0 Å². The monoisotopic (exact) mass is 343 g/mol. The third-order valence-corrected chi connectivity index (χ3v) is 4.33. The minimum atomic E-state index is -0.881. The van der Waals surface area contributed by atoms with E-state index in [9.17, 15) is 4.79 Å². The van der Waals surface area contributed by atoms with E-state index in [1.807, 2.05) is 18.2 Å². The summed E-state index contributed by atoms with van der Waals surface area (Å²) in [6, 6.07) is 11.5. The van der Waals surface area contributed by atoms with Gasteiger partial charge in [-0.05, 0) is 41.8 Å². The van der Waals surface area contributed by atoms with Crippen molar-refractivity contribution >= 4 is 40.5 Å². The molecule has 6 nitrogen and oxygen atoms in total. The van der Waals surface area contributed by atoms with E-state index in [-0.39, 0.29) is 0 Å². The molecule has 7 heteroatoms. The number of benzene rings is 2. The molecule has 0 atom stereocenters. The van der Waals surface area contributed by atoms with E-state index in [4.69, 9.17) is 21.1 Å². The van der Waals surface area contributed by atoms with Gasteiger partial charge in [0.05, 0.1) is 0 Å². The van der Waals surface area contributed by atoms with Gasteiger partial charge in [-0.15, -0.1) is 0 Å². The summed E-state index contributed by atoms with van der Waals surface area (Å²) in [6.45, 7) is 0.930. The molecule has 24 heavy (non-hydrogen) atoms. The van der Waals surface area contributed by atoms with Gasteiger partial charge in [0.2, 0.25) is 0 Å². The van der Waals surface area contributed by atoms with Gasteiger partial charge in [-0.25, -0.2) is 4.79 Å². The van der Waals surface area contributed by atoms with Crippen LogP contribution in [0.3, 0.4) is 0 Å². The Hall–Kier alpha value is -2.73. The van der Waals surface area contributed by atoms with E-state index in [1.54, 1.807) is 18.2 Å². The number of oxazole rings is 1. The molecule has 4 rings (SSSR count). The number of halogens is 1. The maximum Gasteiger partial charge on any atom is 0.407 e. The minimum Gasteiger partial charge on any atom is -0.465 e. The van der Waals surface area contributed by atoms with Gasteiger partial charge < -0.3 is 19.7 Å². The Balaban J connectivity index is 1.57. The number of carboxylic acid groups (broad SMARTS) is 1. The molecule has 2 heterocycles. The fraction of sp³-hybridized carbons (Fsp3) is 0.176. The molecular weight excluding hydrogens is 330 g/mol. The quantitative estimate of drug-likeness (QED) is 0.726. The van der Waals surface area contributed by atoms with Crippen molar-refractivity contribution in [3.63, 3.8) is 0 Å². The zero-order valence-electron chi connectivity index (χ0n) is 12.6. The lowest BCUT2D eigenvalue weighted by Gasteiger charge is -2.26. The zero-order chi connectivity index (χ0) is 16.7. The predicted octanol–water partition coefficient (Wildman–Crippen LogP) is 4.26. The first kappa shape index (κ1) is 14.8. The summed E-state index contributed by atoms with van der Waals surface area (Å²) in [5.41, 5.74) is 4.38. The van der Waals surface area contributed by atoms with E-state index in [0.717, 1.165) is 22.3 Å². The summed E-state index contributed by atoms with van der Waals surface area (Å²) in [5.74, 6) is 0. The van der Waals surface area contributed by atoms with Crippen LogP contribution in [0.5, 0.6) is 0 Å². The summed E-state index contributed by atoms with van der Waals surface area (Å²) in [7, 11) is 0. The van der Waals surface area contributed by atoms with Gasteiger partial charge in [0.25, 0.3) is 6.01 Å². The first-order chi connectivity index (χ1) is 11.6. The van der Waals surface area contributed by atoms with Crippen LogP contribution in [-0.4, -0.2) is 27.6 Å². The van der Waals surface area contributed by atoms with Gasteiger partial charge in [-0.1, -0.05) is 17.7 Å². The first-order valence-corrected chi connectivity index (χ1v) is 7.89. The molecule has 0 unspecified atom stereocenters. The average molecular weight is 344 g/mol. The van der Waals surface area contributed by atoms with E-state index in [2.05, 4.69) is 10.3 Å². The van der Waals surface area contributed by atoms with Crippen LogP contribution in [-0.2, 0) is 13.0 Å². The number of hydrogen-bond acceptors (Lipinski definition) is 4. The lowest BCUT2D eigenvalue weighted by molar-refractivity contribution is 0.140. The summed E-state index contributed by atoms with van der Waals surface area (Å²) < 4.78 is 5.65. The second-order valence-electron chi connectivity index (χ2n) is 5.69. The van der Waals surface area contributed by atoms with Crippen molar-refractivity contribution < 1.29 is 14.3 Å². The van der Waals surface area contributed by atoms with E-state index in [1.165, 1.54) is 4.90 Å². The summed E-state index contributed by atoms with van der Waals surface area (Å²) in [6.07, 6.45) is -0.187. The Labute approximate surface area is 142 Å². The number of fused-ring (bicyclic) bond motifs is 2. The van der Waals surface area contributed by atoms with Gasteiger partial charge >= 0.3 is 6.09 Å². The number of carbonyl (C=O) groups is 1. The van der Waals surface area contributed by atoms with Gasteiger partial charge in [-0.2, -0.15) is 4.98 Å². The number of hydrogen-bond donors (Lipinski definition) is 2. The molecule has 0 bridgehead atoms. The van der Waals surface area contributed by atoms with Crippen LogP contribution >= 0.6 is 11.6 Å². The van der Waals surface area contributed by atoms with Crippen molar-refractivity contribution in [2.45, 2.75) is 13.0 Å². The van der Waals surface area contributed by atoms with Gasteiger partial charge in [0, 0.05) is 29.9 Å². The highest BCUT2D eigenvalue weighted by atomic mass is 35.5. The van der Waals surface area contributed by atoms with Gasteiger partial charge in [0.15, 0.2) is 5.58 Å². The molecule has 0 fully saturated rings. The van der Waals surface area contributed by atoms with Crippen LogP contribution in [0.2, 0.25) is 5.02 Å². The maximum atomic E-state index is 11.1. The van der Waals surface area contributed by atoms with Crippen LogP contribution in [0, 0.1) is 0 Å². The molecule has 1 aliphatic rings. The van der Waals surface area contributed by atoms with Gasteiger partial charge in [-0.3, -0.25) is 0 Å². The number of nitrogens with zero attached hydrogens (tertiary/aromatic N) is 2. The molecule has 0 spiro atoms. The van der Waals surface area contributed by atoms with Gasteiger partial charge in [0.1, 0.15) is 5.52 Å². The molecule has 0 radical (unpaired) electrons. The van der Waals surface area contributed by atoms with Crippen molar-refractivity contribution in [3.8, 4) is 0 Å². The molecule has 3 aromatic rings. The predicted molar refractivity (Wildman–Crippen MR) is 90.9 cm³/mol. The third kappa shape index (κ3) is 2.76. The molecule has 2 N–H and O–H groups in total. The van der Waals surface area contributed by atoms with Crippen molar-refractivity contribution in [1.82, 2.24) is 9.88 Å². The Bertz CT molecular complexity index is 938. The highest BCUT2D eigenvalue weighted by molar-refractivity contribution is 6.31. The Morgan fingerprint density at radius 3 is 2.96 bits per heavy atom. The topological polar surface area (TPSA) is 78.6 Å². The Morgan fingerprint density at radius 1 is 1.25 bits per heavy atom. The van der Waals surface area contributed by atoms with Crippen molar-refractivity contribution in [1.29, 1.82) is 0 Å². The number of anilines is 2. The SMILES string of the molecule is O=C(O)N1CCc2cc(Nc3nc4ccc(Cl)cc4o3)ccc2C1. The lowest BCUT2D eigenvalue weighted by Crippen LogP contribution is -2.34. The molecule has 1 amide bonds. The molecule has 2 aromatic carbocycles. The maximum absolute atomic E-state index is 11.1. The number of aromatic nitrogens is 1. The summed E-state index contributed by atoms with van der Waals surface area (Å²) in [4.78, 5) is 16.9. The zero-order valence-corrected chi connectivity index (χ0v) is 13.4. The van der Waals surface area contributed by atoms with Crippen molar-refractivity contribution in [2.75, 3.05) is 11.9 Å². The van der Waals surface area contributed by atoms with Crippen LogP contribution in [0.1, 0.15) is 11.1 Å². The van der Waals surface area contributed by atoms with E-state index < -0.39 is 6.09 Å². The average Bonchev–Trinajstić information content (AvgIpc) is 2.95.